The van der Waals surface area contributed by atoms with Crippen LogP contribution in [-0.2, 0) is 16.6 Å². The molecule has 0 atom stereocenters. The topological polar surface area (TPSA) is 70.7 Å². The van der Waals surface area contributed by atoms with E-state index < -0.39 is 10.0 Å². The molecule has 7 heteroatoms. The maximum atomic E-state index is 12.2. The highest BCUT2D eigenvalue weighted by molar-refractivity contribution is 7.89. The Hall–Kier alpha value is -1.15. The Bertz CT molecular complexity index is 544. The Kier molecular flexibility index (Phi) is 7.10. The second-order valence-corrected chi connectivity index (χ2v) is 6.55. The van der Waals surface area contributed by atoms with Crippen molar-refractivity contribution in [2.45, 2.75) is 31.7 Å². The minimum absolute atomic E-state index is 0.230. The summed E-state index contributed by atoms with van der Waals surface area (Å²) in [4.78, 5) is 2.66. The van der Waals surface area contributed by atoms with Gasteiger partial charge in [0.15, 0.2) is 0 Å². The van der Waals surface area contributed by atoms with Gasteiger partial charge in [0.05, 0.1) is 11.5 Å². The monoisotopic (exact) mass is 315 g/mol. The van der Waals surface area contributed by atoms with Crippen LogP contribution in [0.2, 0.25) is 0 Å². The zero-order chi connectivity index (χ0) is 15.9. The Labute approximate surface area is 127 Å². The van der Waals surface area contributed by atoms with E-state index in [1.807, 2.05) is 13.8 Å². The lowest BCUT2D eigenvalue weighted by Gasteiger charge is -2.16. The number of nitrogens with zero attached hydrogens (tertiary/aromatic N) is 1. The average Bonchev–Trinajstić information content (AvgIpc) is 2.41. The van der Waals surface area contributed by atoms with Gasteiger partial charge in [-0.1, -0.05) is 13.8 Å². The fourth-order valence-electron chi connectivity index (χ4n) is 1.77. The molecule has 0 saturated carbocycles. The van der Waals surface area contributed by atoms with Crippen molar-refractivity contribution < 1.29 is 13.2 Å². The summed E-state index contributed by atoms with van der Waals surface area (Å²) in [5.41, 5.74) is 0.840. The van der Waals surface area contributed by atoms with Gasteiger partial charge in [0.25, 0.3) is 10.0 Å². The molecule has 1 aromatic rings. The van der Waals surface area contributed by atoms with Gasteiger partial charge in [-0.25, -0.2) is 13.4 Å². The second kappa shape index (κ2) is 8.33. The number of hydrogen-bond donors (Lipinski definition) is 2. The van der Waals surface area contributed by atoms with E-state index in [2.05, 4.69) is 10.1 Å². The maximum Gasteiger partial charge on any atom is 0.253 e. The molecule has 6 nitrogen and oxygen atoms in total. The predicted molar refractivity (Wildman–Crippen MR) is 83.6 cm³/mol. The highest BCUT2D eigenvalue weighted by Crippen LogP contribution is 2.23. The number of nitrogens with one attached hydrogen (secondary N) is 2. The summed E-state index contributed by atoms with van der Waals surface area (Å²) < 4.78 is 30.0. The van der Waals surface area contributed by atoms with E-state index in [4.69, 9.17) is 4.74 Å². The molecule has 0 radical (unpaired) electrons. The van der Waals surface area contributed by atoms with E-state index in [-0.39, 0.29) is 4.90 Å². The fourth-order valence-corrected chi connectivity index (χ4v) is 2.90. The first-order valence-corrected chi connectivity index (χ1v) is 8.55. The van der Waals surface area contributed by atoms with E-state index in [0.717, 1.165) is 24.3 Å². The number of hydrazine groups is 1. The van der Waals surface area contributed by atoms with Crippen LogP contribution in [0.5, 0.6) is 5.75 Å². The van der Waals surface area contributed by atoms with Crippen LogP contribution in [0.1, 0.15) is 25.8 Å². The van der Waals surface area contributed by atoms with Gasteiger partial charge in [-0.15, -0.1) is 4.83 Å². The predicted octanol–water partition coefficient (Wildman–Crippen LogP) is 1.34. The Balaban J connectivity index is 3.07. The quantitative estimate of drug-likeness (QED) is 0.673. The summed E-state index contributed by atoms with van der Waals surface area (Å²) >= 11 is 0. The van der Waals surface area contributed by atoms with Gasteiger partial charge in [-0.05, 0) is 31.2 Å². The summed E-state index contributed by atoms with van der Waals surface area (Å²) in [6, 6.07) is 4.93. The van der Waals surface area contributed by atoms with Crippen molar-refractivity contribution in [2.75, 3.05) is 27.2 Å². The zero-order valence-corrected chi connectivity index (χ0v) is 14.0. The van der Waals surface area contributed by atoms with Gasteiger partial charge < -0.3 is 10.1 Å². The van der Waals surface area contributed by atoms with E-state index in [9.17, 15) is 8.42 Å². The van der Waals surface area contributed by atoms with E-state index in [1.54, 1.807) is 32.3 Å². The van der Waals surface area contributed by atoms with Crippen LogP contribution in [0.15, 0.2) is 23.1 Å². The summed E-state index contributed by atoms with van der Waals surface area (Å²) in [5.74, 6) is 0.724. The van der Waals surface area contributed by atoms with E-state index in [0.29, 0.717) is 13.2 Å². The lowest BCUT2D eigenvalue weighted by atomic mass is 10.2. The van der Waals surface area contributed by atoms with Crippen molar-refractivity contribution >= 4 is 10.0 Å². The van der Waals surface area contributed by atoms with Gasteiger partial charge in [-0.3, -0.25) is 0 Å². The molecule has 0 aliphatic rings. The van der Waals surface area contributed by atoms with Crippen LogP contribution < -0.4 is 14.9 Å². The molecule has 0 aromatic heterocycles. The molecule has 21 heavy (non-hydrogen) atoms. The average molecular weight is 315 g/mol. The number of sulfonamides is 1. The normalized spacial score (nSPS) is 11.9. The van der Waals surface area contributed by atoms with Crippen molar-refractivity contribution in [3.05, 3.63) is 23.8 Å². The van der Waals surface area contributed by atoms with Crippen LogP contribution in [0.4, 0.5) is 0 Å². The number of rotatable bonds is 9. The van der Waals surface area contributed by atoms with E-state index >= 15 is 0 Å². The Morgan fingerprint density at radius 1 is 1.24 bits per heavy atom. The molecule has 2 N–H and O–H groups in total. The molecule has 0 aliphatic heterocycles. The largest absolute Gasteiger partial charge is 0.493 e. The standard InChI is InChI=1S/C14H25N3O3S/c1-5-9-20-14-8-7-13(10-12(14)11-15-6-2)21(18,19)16-17(3)4/h7-8,10,15-16H,5-6,9,11H2,1-4H3. The van der Waals surface area contributed by atoms with Gasteiger partial charge >= 0.3 is 0 Å². The zero-order valence-electron chi connectivity index (χ0n) is 13.1. The van der Waals surface area contributed by atoms with Crippen LogP contribution in [0.3, 0.4) is 0 Å². The van der Waals surface area contributed by atoms with Gasteiger partial charge in [0.1, 0.15) is 5.75 Å². The van der Waals surface area contributed by atoms with Crippen LogP contribution in [-0.4, -0.2) is 40.7 Å². The molecule has 0 fully saturated rings. The van der Waals surface area contributed by atoms with Crippen molar-refractivity contribution in [2.24, 2.45) is 0 Å². The molecule has 0 unspecified atom stereocenters. The molecule has 0 spiro atoms. The van der Waals surface area contributed by atoms with Crippen LogP contribution >= 0.6 is 0 Å². The first kappa shape index (κ1) is 17.9. The van der Waals surface area contributed by atoms with Crippen molar-refractivity contribution in [1.82, 2.24) is 15.2 Å². The van der Waals surface area contributed by atoms with Crippen LogP contribution in [0.25, 0.3) is 0 Å². The third-order valence-corrected chi connectivity index (χ3v) is 4.15. The molecule has 0 saturated heterocycles. The first-order valence-electron chi connectivity index (χ1n) is 7.07. The SMILES string of the molecule is CCCOc1ccc(S(=O)(=O)NN(C)C)cc1CNCC. The van der Waals surface area contributed by atoms with Gasteiger partial charge in [0, 0.05) is 26.2 Å². The molecular formula is C14H25N3O3S. The molecule has 1 aromatic carbocycles. The molecular weight excluding hydrogens is 290 g/mol. The lowest BCUT2D eigenvalue weighted by molar-refractivity contribution is 0.313. The Morgan fingerprint density at radius 2 is 1.95 bits per heavy atom. The molecule has 120 valence electrons. The van der Waals surface area contributed by atoms with Crippen molar-refractivity contribution in [1.29, 1.82) is 0 Å². The van der Waals surface area contributed by atoms with Crippen molar-refractivity contribution in [3.8, 4) is 5.75 Å². The summed E-state index contributed by atoms with van der Waals surface area (Å²) in [6.45, 7) is 6.02. The van der Waals surface area contributed by atoms with Gasteiger partial charge in [-0.2, -0.15) is 0 Å². The molecule has 0 amide bonds. The fraction of sp³-hybridized carbons (Fsp3) is 0.571. The summed E-state index contributed by atoms with van der Waals surface area (Å²) in [6.07, 6.45) is 0.906. The maximum absolute atomic E-state index is 12.2. The minimum Gasteiger partial charge on any atom is -0.493 e. The van der Waals surface area contributed by atoms with Crippen LogP contribution in [0, 0.1) is 0 Å². The number of hydrogen-bond acceptors (Lipinski definition) is 5. The molecule has 0 aliphatic carbocycles. The highest BCUT2D eigenvalue weighted by atomic mass is 32.2. The van der Waals surface area contributed by atoms with Gasteiger partial charge in [0.2, 0.25) is 0 Å². The smallest absolute Gasteiger partial charge is 0.253 e. The van der Waals surface area contributed by atoms with Crippen molar-refractivity contribution in [3.63, 3.8) is 0 Å². The summed E-state index contributed by atoms with van der Waals surface area (Å²) in [5, 5.41) is 4.60. The number of ether oxygens (including phenoxy) is 1. The Morgan fingerprint density at radius 3 is 2.52 bits per heavy atom. The second-order valence-electron chi connectivity index (χ2n) is 4.89. The number of benzene rings is 1. The minimum atomic E-state index is -3.55. The third-order valence-electron chi connectivity index (χ3n) is 2.67. The summed E-state index contributed by atoms with van der Waals surface area (Å²) in [7, 11) is -0.282. The first-order chi connectivity index (χ1) is 9.90. The molecule has 0 heterocycles. The highest BCUT2D eigenvalue weighted by Gasteiger charge is 2.17. The molecule has 0 bridgehead atoms. The lowest BCUT2D eigenvalue weighted by Crippen LogP contribution is -2.36. The van der Waals surface area contributed by atoms with E-state index in [1.165, 1.54) is 5.01 Å². The third kappa shape index (κ3) is 5.62. The molecule has 1 rings (SSSR count).